The van der Waals surface area contributed by atoms with Gasteiger partial charge in [0, 0.05) is 12.7 Å². The van der Waals surface area contributed by atoms with Crippen LogP contribution >= 0.6 is 23.2 Å². The van der Waals surface area contributed by atoms with Gasteiger partial charge >= 0.3 is 0 Å². The highest BCUT2D eigenvalue weighted by atomic mass is 35.5. The maximum atomic E-state index is 11.6. The molecular weight excluding hydrogens is 249 g/mol. The molecule has 4 nitrogen and oxygen atoms in total. The predicted octanol–water partition coefficient (Wildman–Crippen LogP) is 2.28. The number of hydrogen-bond acceptors (Lipinski definition) is 3. The van der Waals surface area contributed by atoms with Gasteiger partial charge in [0.1, 0.15) is 5.15 Å². The molecule has 1 unspecified atom stereocenters. The Labute approximate surface area is 103 Å². The van der Waals surface area contributed by atoms with Gasteiger partial charge in [-0.15, -0.1) is 0 Å². The van der Waals surface area contributed by atoms with Crippen molar-refractivity contribution in [1.82, 2.24) is 10.3 Å². The number of nitriles is 1. The Morgan fingerprint density at radius 3 is 2.94 bits per heavy atom. The molecule has 0 aromatic carbocycles. The van der Waals surface area contributed by atoms with E-state index >= 15 is 0 Å². The van der Waals surface area contributed by atoms with E-state index in [1.54, 1.807) is 6.92 Å². The molecule has 0 saturated carbocycles. The van der Waals surface area contributed by atoms with Crippen LogP contribution in [0.2, 0.25) is 10.2 Å². The van der Waals surface area contributed by atoms with E-state index < -0.39 is 0 Å². The monoisotopic (exact) mass is 257 g/mol. The number of aromatic nitrogens is 1. The van der Waals surface area contributed by atoms with E-state index in [4.69, 9.17) is 28.5 Å². The summed E-state index contributed by atoms with van der Waals surface area (Å²) in [6.45, 7) is 2.00. The Hall–Kier alpha value is -1.31. The summed E-state index contributed by atoms with van der Waals surface area (Å²) in [5.74, 6) is -0.562. The lowest BCUT2D eigenvalue weighted by atomic mass is 10.2. The van der Waals surface area contributed by atoms with Gasteiger partial charge in [0.05, 0.1) is 22.6 Å². The van der Waals surface area contributed by atoms with E-state index in [1.807, 2.05) is 6.07 Å². The minimum absolute atomic E-state index is 0.156. The zero-order valence-corrected chi connectivity index (χ0v) is 10.0. The van der Waals surface area contributed by atoms with Crippen LogP contribution in [0.1, 0.15) is 17.3 Å². The minimum atomic E-state index is -0.326. The highest BCUT2D eigenvalue weighted by Crippen LogP contribution is 2.19. The van der Waals surface area contributed by atoms with Crippen molar-refractivity contribution >= 4 is 29.1 Å². The van der Waals surface area contributed by atoms with Crippen LogP contribution in [0.4, 0.5) is 0 Å². The van der Waals surface area contributed by atoms with Crippen LogP contribution in [0, 0.1) is 17.2 Å². The number of pyridine rings is 1. The molecule has 0 fully saturated rings. The Balaban J connectivity index is 2.67. The molecule has 1 rings (SSSR count). The number of nitrogens with zero attached hydrogens (tertiary/aromatic N) is 2. The van der Waals surface area contributed by atoms with Crippen molar-refractivity contribution in [3.63, 3.8) is 0 Å². The van der Waals surface area contributed by atoms with Crippen molar-refractivity contribution in [2.75, 3.05) is 6.54 Å². The molecule has 0 radical (unpaired) electrons. The van der Waals surface area contributed by atoms with E-state index in [2.05, 4.69) is 10.3 Å². The topological polar surface area (TPSA) is 65.8 Å². The van der Waals surface area contributed by atoms with Gasteiger partial charge in [-0.2, -0.15) is 5.26 Å². The van der Waals surface area contributed by atoms with Crippen LogP contribution in [-0.4, -0.2) is 17.4 Å². The molecule has 0 saturated heterocycles. The average Bonchev–Trinajstić information content (AvgIpc) is 2.29. The van der Waals surface area contributed by atoms with Gasteiger partial charge in [-0.1, -0.05) is 23.2 Å². The summed E-state index contributed by atoms with van der Waals surface area (Å²) in [7, 11) is 0. The maximum Gasteiger partial charge on any atom is 0.252 e. The molecule has 84 valence electrons. The third-order valence-electron chi connectivity index (χ3n) is 1.85. The largest absolute Gasteiger partial charge is 0.351 e. The number of amides is 1. The third-order valence-corrected chi connectivity index (χ3v) is 2.53. The molecule has 1 heterocycles. The van der Waals surface area contributed by atoms with Gasteiger partial charge in [-0.3, -0.25) is 4.79 Å². The molecule has 0 aliphatic carbocycles. The van der Waals surface area contributed by atoms with Crippen molar-refractivity contribution in [2.45, 2.75) is 6.92 Å². The number of carbonyl (C=O) groups excluding carboxylic acids is 1. The second kappa shape index (κ2) is 5.69. The Morgan fingerprint density at radius 1 is 1.69 bits per heavy atom. The summed E-state index contributed by atoms with van der Waals surface area (Å²) >= 11 is 11.3. The van der Waals surface area contributed by atoms with Crippen molar-refractivity contribution < 1.29 is 4.79 Å². The van der Waals surface area contributed by atoms with E-state index in [1.165, 1.54) is 12.3 Å². The van der Waals surface area contributed by atoms with Crippen molar-refractivity contribution in [3.05, 3.63) is 28.0 Å². The molecule has 0 bridgehead atoms. The van der Waals surface area contributed by atoms with E-state index in [0.29, 0.717) is 5.56 Å². The molecule has 1 atom stereocenters. The summed E-state index contributed by atoms with van der Waals surface area (Å²) in [4.78, 5) is 15.3. The SMILES string of the molecule is CC(C#N)CNC(=O)c1cnc(Cl)c(Cl)c1. The molecular formula is C10H9Cl2N3O. The molecule has 0 aliphatic heterocycles. The summed E-state index contributed by atoms with van der Waals surface area (Å²) in [6, 6.07) is 3.45. The molecule has 1 N–H and O–H groups in total. The number of hydrogen-bond donors (Lipinski definition) is 1. The zero-order valence-electron chi connectivity index (χ0n) is 8.50. The number of carbonyl (C=O) groups is 1. The van der Waals surface area contributed by atoms with Crippen LogP contribution in [0.15, 0.2) is 12.3 Å². The zero-order chi connectivity index (χ0) is 12.1. The lowest BCUT2D eigenvalue weighted by Crippen LogP contribution is -2.27. The molecule has 1 amide bonds. The Kier molecular flexibility index (Phi) is 4.53. The quantitative estimate of drug-likeness (QED) is 0.846. The highest BCUT2D eigenvalue weighted by molar-refractivity contribution is 6.41. The normalized spacial score (nSPS) is 11.6. The van der Waals surface area contributed by atoms with Crippen molar-refractivity contribution in [1.29, 1.82) is 5.26 Å². The van der Waals surface area contributed by atoms with Gasteiger partial charge in [-0.25, -0.2) is 4.98 Å². The predicted molar refractivity (Wildman–Crippen MR) is 61.4 cm³/mol. The van der Waals surface area contributed by atoms with Gasteiger partial charge in [0.25, 0.3) is 5.91 Å². The van der Waals surface area contributed by atoms with Gasteiger partial charge in [0.15, 0.2) is 0 Å². The first kappa shape index (κ1) is 12.8. The highest BCUT2D eigenvalue weighted by Gasteiger charge is 2.09. The third kappa shape index (κ3) is 3.37. The van der Waals surface area contributed by atoms with E-state index in [0.717, 1.165) is 0 Å². The van der Waals surface area contributed by atoms with Gasteiger partial charge in [0.2, 0.25) is 0 Å². The fourth-order valence-electron chi connectivity index (χ4n) is 0.939. The van der Waals surface area contributed by atoms with Crippen LogP contribution in [0.25, 0.3) is 0 Å². The summed E-state index contributed by atoms with van der Waals surface area (Å²) in [5, 5.41) is 11.5. The second-order valence-electron chi connectivity index (χ2n) is 3.24. The van der Waals surface area contributed by atoms with Gasteiger partial charge in [-0.05, 0) is 13.0 Å². The first-order chi connectivity index (χ1) is 7.54. The molecule has 1 aromatic heterocycles. The number of rotatable bonds is 3. The smallest absolute Gasteiger partial charge is 0.252 e. The lowest BCUT2D eigenvalue weighted by molar-refractivity contribution is 0.0950. The Morgan fingerprint density at radius 2 is 2.38 bits per heavy atom. The molecule has 0 aliphatic rings. The second-order valence-corrected chi connectivity index (χ2v) is 4.00. The molecule has 0 spiro atoms. The first-order valence-electron chi connectivity index (χ1n) is 4.53. The summed E-state index contributed by atoms with van der Waals surface area (Å²) < 4.78 is 0. The number of halogens is 2. The fourth-order valence-corrected chi connectivity index (χ4v) is 1.21. The molecule has 16 heavy (non-hydrogen) atoms. The van der Waals surface area contributed by atoms with Crippen molar-refractivity contribution in [3.8, 4) is 6.07 Å². The van der Waals surface area contributed by atoms with E-state index in [-0.39, 0.29) is 28.5 Å². The molecule has 1 aromatic rings. The minimum Gasteiger partial charge on any atom is -0.351 e. The van der Waals surface area contributed by atoms with Crippen LogP contribution < -0.4 is 5.32 Å². The van der Waals surface area contributed by atoms with Crippen molar-refractivity contribution in [2.24, 2.45) is 5.92 Å². The lowest BCUT2D eigenvalue weighted by Gasteiger charge is -2.06. The maximum absolute atomic E-state index is 11.6. The van der Waals surface area contributed by atoms with Crippen LogP contribution in [0.3, 0.4) is 0 Å². The fraction of sp³-hybridized carbons (Fsp3) is 0.300. The first-order valence-corrected chi connectivity index (χ1v) is 5.29. The van der Waals surface area contributed by atoms with Crippen LogP contribution in [0.5, 0.6) is 0 Å². The standard InChI is InChI=1S/C10H9Cl2N3O/c1-6(3-13)4-15-10(16)7-2-8(11)9(12)14-5-7/h2,5-6H,4H2,1H3,(H,15,16). The number of nitrogens with one attached hydrogen (secondary N) is 1. The van der Waals surface area contributed by atoms with E-state index in [9.17, 15) is 4.79 Å². The Bertz CT molecular complexity index is 442. The van der Waals surface area contributed by atoms with Crippen LogP contribution in [-0.2, 0) is 0 Å². The van der Waals surface area contributed by atoms with Gasteiger partial charge < -0.3 is 5.32 Å². The molecule has 6 heteroatoms. The average molecular weight is 258 g/mol. The summed E-state index contributed by atoms with van der Waals surface area (Å²) in [5.41, 5.74) is 0.319. The summed E-state index contributed by atoms with van der Waals surface area (Å²) in [6.07, 6.45) is 1.33.